The van der Waals surface area contributed by atoms with Gasteiger partial charge in [-0.1, -0.05) is 249 Å². The van der Waals surface area contributed by atoms with Crippen molar-refractivity contribution in [3.05, 3.63) is 285 Å². The lowest BCUT2D eigenvalue weighted by Crippen LogP contribution is -1.93. The molecule has 5 nitrogen and oxygen atoms in total. The van der Waals surface area contributed by atoms with E-state index in [4.69, 9.17) is 15.0 Å². The molecular weight excluding hydrogens is 1050 g/mol. The van der Waals surface area contributed by atoms with Crippen molar-refractivity contribution in [3.63, 3.8) is 0 Å². The second kappa shape index (κ2) is 18.7. The average Bonchev–Trinajstić information content (AvgIpc) is 1.71. The first-order chi connectivity index (χ1) is 42.2. The summed E-state index contributed by atoms with van der Waals surface area (Å²) >= 11 is 1.74. The van der Waals surface area contributed by atoms with Gasteiger partial charge in [0.25, 0.3) is 0 Å². The summed E-state index contributed by atoms with van der Waals surface area (Å²) in [6, 6.07) is 103. The van der Waals surface area contributed by atoms with Crippen molar-refractivity contribution in [1.82, 2.24) is 23.8 Å². The highest BCUT2D eigenvalue weighted by atomic mass is 32.1. The van der Waals surface area contributed by atoms with Gasteiger partial charge in [-0.25, -0.2) is 15.0 Å². The second-order valence-electron chi connectivity index (χ2n) is 22.2. The SMILES string of the molecule is c1ccc(-c2ccc(-c3ccc4c(c3)c3ccccc3c3nc5c6ccccc6c6ccccc6c5n43)cc2)cc1.c1ccc2sc(-c3ccc(-c4ccc5c6ccccc6n6c(nc7c8ccccc8c8ccccc8c76)c5c4)cc3)nc2c1. The maximum Gasteiger partial charge on any atom is 0.146 e. The van der Waals surface area contributed by atoms with Crippen LogP contribution in [-0.4, -0.2) is 23.8 Å². The van der Waals surface area contributed by atoms with Gasteiger partial charge >= 0.3 is 0 Å². The monoisotopic (exact) mass is 1100 g/mol. The molecular formula is C79H47N5S. The van der Waals surface area contributed by atoms with Crippen molar-refractivity contribution in [2.75, 3.05) is 0 Å². The third-order valence-corrected chi connectivity index (χ3v) is 18.6. The molecule has 0 saturated carbocycles. The van der Waals surface area contributed by atoms with Crippen LogP contribution in [0.15, 0.2) is 285 Å². The first-order valence-corrected chi connectivity index (χ1v) is 29.7. The molecule has 0 saturated heterocycles. The molecule has 0 radical (unpaired) electrons. The van der Waals surface area contributed by atoms with E-state index in [-0.39, 0.29) is 0 Å². The van der Waals surface area contributed by atoms with E-state index in [2.05, 4.69) is 288 Å². The van der Waals surface area contributed by atoms with Gasteiger partial charge in [0.05, 0.1) is 43.3 Å². The molecule has 394 valence electrons. The summed E-state index contributed by atoms with van der Waals surface area (Å²) in [5.41, 5.74) is 18.2. The Kier molecular flexibility index (Phi) is 10.5. The molecule has 0 bridgehead atoms. The van der Waals surface area contributed by atoms with E-state index in [0.29, 0.717) is 0 Å². The van der Waals surface area contributed by atoms with Gasteiger partial charge in [0, 0.05) is 48.7 Å². The van der Waals surface area contributed by atoms with E-state index < -0.39 is 0 Å². The van der Waals surface area contributed by atoms with Crippen LogP contribution in [0.3, 0.4) is 0 Å². The molecule has 0 amide bonds. The molecule has 0 aliphatic heterocycles. The fraction of sp³-hybridized carbons (Fsp3) is 0. The minimum atomic E-state index is 0.989. The molecule has 6 heteroatoms. The maximum absolute atomic E-state index is 5.44. The van der Waals surface area contributed by atoms with E-state index >= 15 is 0 Å². The minimum absolute atomic E-state index is 0.989. The fourth-order valence-electron chi connectivity index (χ4n) is 13.6. The lowest BCUT2D eigenvalue weighted by Gasteiger charge is -2.12. The number of para-hydroxylation sites is 2. The Balaban J connectivity index is 0.000000129. The van der Waals surface area contributed by atoms with Crippen molar-refractivity contribution < 1.29 is 0 Å². The van der Waals surface area contributed by atoms with E-state index in [1.54, 1.807) is 11.3 Å². The third kappa shape index (κ3) is 7.32. The predicted molar refractivity (Wildman–Crippen MR) is 360 cm³/mol. The summed E-state index contributed by atoms with van der Waals surface area (Å²) in [4.78, 5) is 15.7. The standard InChI is InChI=1S/C40H23N3S.C39H24N2/c1-3-12-31-27(9-1)28-10-2-4-13-32(28)38-37(31)42-39-33-23-26(21-22-29(33)30-11-5-7-15-35(30)43(38)39)24-17-19-25(20-18-24)40-41-34-14-6-8-16-36(34)44-40;1-2-10-25(11-3-1)26-18-20-27(21-19-26)28-22-23-36-35(24-28)31-14-6-9-17-34(31)39-40-37-32-15-7-4-12-29(32)30-13-5-8-16-33(30)38(37)41(36)39/h1-23H;1-24H. The zero-order valence-corrected chi connectivity index (χ0v) is 46.6. The molecule has 0 aliphatic rings. The van der Waals surface area contributed by atoms with Gasteiger partial charge in [0.15, 0.2) is 0 Å². The van der Waals surface area contributed by atoms with Gasteiger partial charge in [-0.3, -0.25) is 8.80 Å². The Morgan fingerprint density at radius 2 is 0.612 bits per heavy atom. The van der Waals surface area contributed by atoms with Crippen molar-refractivity contribution >= 4 is 141 Å². The van der Waals surface area contributed by atoms with Crippen LogP contribution in [0.4, 0.5) is 0 Å². The molecule has 0 unspecified atom stereocenters. The number of hydrogen-bond donors (Lipinski definition) is 0. The van der Waals surface area contributed by atoms with Crippen LogP contribution in [0, 0.1) is 0 Å². The number of pyridine rings is 2. The summed E-state index contributed by atoms with van der Waals surface area (Å²) in [7, 11) is 0. The summed E-state index contributed by atoms with van der Waals surface area (Å²) in [6.45, 7) is 0. The number of thiazole rings is 1. The van der Waals surface area contributed by atoms with Crippen LogP contribution in [0.5, 0.6) is 0 Å². The van der Waals surface area contributed by atoms with E-state index in [1.807, 2.05) is 6.07 Å². The zero-order valence-electron chi connectivity index (χ0n) is 45.8. The number of nitrogens with zero attached hydrogens (tertiary/aromatic N) is 5. The molecule has 19 aromatic rings. The largest absolute Gasteiger partial charge is 0.291 e. The maximum atomic E-state index is 5.44. The van der Waals surface area contributed by atoms with Crippen LogP contribution in [0.25, 0.3) is 174 Å². The van der Waals surface area contributed by atoms with Crippen LogP contribution in [-0.2, 0) is 0 Å². The summed E-state index contributed by atoms with van der Waals surface area (Å²) in [5, 5.41) is 18.1. The van der Waals surface area contributed by atoms with E-state index in [9.17, 15) is 0 Å². The average molecular weight is 1100 g/mol. The normalized spacial score (nSPS) is 12.0. The van der Waals surface area contributed by atoms with Gasteiger partial charge in [-0.05, 0) is 102 Å². The predicted octanol–water partition coefficient (Wildman–Crippen LogP) is 21.5. The lowest BCUT2D eigenvalue weighted by atomic mass is 9.97. The summed E-state index contributed by atoms with van der Waals surface area (Å²) < 4.78 is 6.00. The van der Waals surface area contributed by atoms with Crippen molar-refractivity contribution in [1.29, 1.82) is 0 Å². The fourth-order valence-corrected chi connectivity index (χ4v) is 14.6. The first kappa shape index (κ1) is 47.6. The third-order valence-electron chi connectivity index (χ3n) is 17.5. The molecule has 0 N–H and O–H groups in total. The minimum Gasteiger partial charge on any atom is -0.291 e. The summed E-state index contributed by atoms with van der Waals surface area (Å²) in [5.74, 6) is 0. The summed E-state index contributed by atoms with van der Waals surface area (Å²) in [6.07, 6.45) is 0. The molecule has 5 aromatic heterocycles. The van der Waals surface area contributed by atoms with E-state index in [1.165, 1.54) is 125 Å². The quantitative estimate of drug-likeness (QED) is 0.165. The van der Waals surface area contributed by atoms with Crippen LogP contribution >= 0.6 is 11.3 Å². The van der Waals surface area contributed by atoms with Crippen molar-refractivity contribution in [2.24, 2.45) is 0 Å². The van der Waals surface area contributed by atoms with Gasteiger partial charge in [-0.2, -0.15) is 0 Å². The van der Waals surface area contributed by atoms with Crippen molar-refractivity contribution in [2.45, 2.75) is 0 Å². The highest BCUT2D eigenvalue weighted by Crippen LogP contribution is 2.43. The highest BCUT2D eigenvalue weighted by Gasteiger charge is 2.22. The van der Waals surface area contributed by atoms with Gasteiger partial charge in [-0.15, -0.1) is 11.3 Å². The number of imidazole rings is 2. The molecule has 0 atom stereocenters. The highest BCUT2D eigenvalue weighted by molar-refractivity contribution is 7.21. The van der Waals surface area contributed by atoms with Crippen LogP contribution < -0.4 is 0 Å². The number of aromatic nitrogens is 5. The van der Waals surface area contributed by atoms with Crippen molar-refractivity contribution in [3.8, 4) is 44.0 Å². The Hall–Kier alpha value is -11.1. The first-order valence-electron chi connectivity index (χ1n) is 28.9. The topological polar surface area (TPSA) is 47.5 Å². The van der Waals surface area contributed by atoms with Gasteiger partial charge < -0.3 is 0 Å². The number of benzene rings is 14. The Morgan fingerprint density at radius 1 is 0.235 bits per heavy atom. The van der Waals surface area contributed by atoms with E-state index in [0.717, 1.165) is 49.3 Å². The molecule has 0 spiro atoms. The smallest absolute Gasteiger partial charge is 0.146 e. The van der Waals surface area contributed by atoms with Gasteiger partial charge in [0.2, 0.25) is 0 Å². The van der Waals surface area contributed by atoms with Crippen LogP contribution in [0.2, 0.25) is 0 Å². The molecule has 85 heavy (non-hydrogen) atoms. The number of fused-ring (bicyclic) bond motifs is 27. The number of rotatable bonds is 4. The zero-order chi connectivity index (χ0) is 55.7. The Labute approximate surface area is 491 Å². The Bertz CT molecular complexity index is 5920. The molecule has 19 rings (SSSR count). The lowest BCUT2D eigenvalue weighted by molar-refractivity contribution is 1.32. The molecule has 14 aromatic carbocycles. The second-order valence-corrected chi connectivity index (χ2v) is 23.2. The molecule has 0 fully saturated rings. The van der Waals surface area contributed by atoms with Crippen LogP contribution in [0.1, 0.15) is 0 Å². The Morgan fingerprint density at radius 3 is 1.20 bits per heavy atom. The molecule has 0 aliphatic carbocycles. The molecule has 5 heterocycles. The number of hydrogen-bond acceptors (Lipinski definition) is 4. The van der Waals surface area contributed by atoms with Gasteiger partial charge in [0.1, 0.15) is 16.3 Å².